The number of rotatable bonds is 6. The highest BCUT2D eigenvalue weighted by Crippen LogP contribution is 1.94. The Bertz CT molecular complexity index is 99.4. The number of unbranched alkanes of at least 4 members (excludes halogenated alkanes) is 2. The van der Waals surface area contributed by atoms with E-state index in [-0.39, 0.29) is 0 Å². The zero-order chi connectivity index (χ0) is 7.66. The van der Waals surface area contributed by atoms with E-state index in [0.717, 1.165) is 19.3 Å². The predicted octanol–water partition coefficient (Wildman–Crippen LogP) is 2.89. The van der Waals surface area contributed by atoms with Gasteiger partial charge in [-0.25, -0.2) is 0 Å². The lowest BCUT2D eigenvalue weighted by molar-refractivity contribution is 0.844. The van der Waals surface area contributed by atoms with Crippen LogP contribution in [0.5, 0.6) is 0 Å². The van der Waals surface area contributed by atoms with E-state index < -0.39 is 0 Å². The van der Waals surface area contributed by atoms with Crippen molar-refractivity contribution in [1.82, 2.24) is 0 Å². The van der Waals surface area contributed by atoms with Crippen molar-refractivity contribution in [3.63, 3.8) is 0 Å². The van der Waals surface area contributed by atoms with Crippen LogP contribution < -0.4 is 0 Å². The standard InChI is InChI=1S/C8H15NO/c1-2-3-4-5-6-7-8-9-10/h4-5H,2-3,6-8H2,1H3/b5-4-. The fourth-order valence-electron chi connectivity index (χ4n) is 0.676. The summed E-state index contributed by atoms with van der Waals surface area (Å²) in [5.74, 6) is 0. The summed E-state index contributed by atoms with van der Waals surface area (Å²) in [7, 11) is 0. The first-order valence-electron chi connectivity index (χ1n) is 3.86. The van der Waals surface area contributed by atoms with E-state index in [2.05, 4.69) is 24.3 Å². The van der Waals surface area contributed by atoms with Crippen LogP contribution in [0.3, 0.4) is 0 Å². The Morgan fingerprint density at radius 1 is 1.30 bits per heavy atom. The molecule has 10 heavy (non-hydrogen) atoms. The van der Waals surface area contributed by atoms with E-state index in [9.17, 15) is 4.91 Å². The molecule has 0 aliphatic rings. The number of hydrogen-bond acceptors (Lipinski definition) is 2. The highest BCUT2D eigenvalue weighted by Gasteiger charge is 1.80. The maximum absolute atomic E-state index is 9.62. The highest BCUT2D eigenvalue weighted by molar-refractivity contribution is 4.80. The van der Waals surface area contributed by atoms with Crippen molar-refractivity contribution in [3.8, 4) is 0 Å². The summed E-state index contributed by atoms with van der Waals surface area (Å²) < 4.78 is 0. The number of hydrogen-bond donors (Lipinski definition) is 0. The molecule has 0 spiro atoms. The van der Waals surface area contributed by atoms with Gasteiger partial charge in [-0.3, -0.25) is 0 Å². The molecule has 0 radical (unpaired) electrons. The Morgan fingerprint density at radius 2 is 2.00 bits per heavy atom. The molecule has 2 heteroatoms. The SMILES string of the molecule is CCC/C=C\CCCN=O. The van der Waals surface area contributed by atoms with Gasteiger partial charge in [0.1, 0.15) is 0 Å². The Morgan fingerprint density at radius 3 is 2.60 bits per heavy atom. The van der Waals surface area contributed by atoms with Gasteiger partial charge >= 0.3 is 0 Å². The molecule has 0 fully saturated rings. The van der Waals surface area contributed by atoms with Crippen LogP contribution in [-0.4, -0.2) is 6.54 Å². The maximum Gasteiger partial charge on any atom is 0.0814 e. The van der Waals surface area contributed by atoms with Gasteiger partial charge in [-0.1, -0.05) is 30.7 Å². The first-order chi connectivity index (χ1) is 4.91. The second kappa shape index (κ2) is 8.34. The van der Waals surface area contributed by atoms with Gasteiger partial charge in [-0.2, -0.15) is 4.91 Å². The molecule has 0 bridgehead atoms. The maximum atomic E-state index is 9.62. The summed E-state index contributed by atoms with van der Waals surface area (Å²) in [6.07, 6.45) is 8.51. The molecule has 0 unspecified atom stereocenters. The molecule has 0 aliphatic heterocycles. The minimum absolute atomic E-state index is 0.455. The molecule has 0 aliphatic carbocycles. The minimum Gasteiger partial charge on any atom is -0.151 e. The van der Waals surface area contributed by atoms with Gasteiger partial charge in [-0.05, 0) is 19.3 Å². The van der Waals surface area contributed by atoms with Crippen LogP contribution in [0.2, 0.25) is 0 Å². The van der Waals surface area contributed by atoms with Crippen molar-refractivity contribution in [2.75, 3.05) is 6.54 Å². The van der Waals surface area contributed by atoms with Crippen LogP contribution in [0.15, 0.2) is 17.3 Å². The zero-order valence-electron chi connectivity index (χ0n) is 6.55. The first-order valence-corrected chi connectivity index (χ1v) is 3.86. The molecule has 0 N–H and O–H groups in total. The van der Waals surface area contributed by atoms with Gasteiger partial charge < -0.3 is 0 Å². The van der Waals surface area contributed by atoms with Crippen LogP contribution in [0.25, 0.3) is 0 Å². The van der Waals surface area contributed by atoms with Crippen molar-refractivity contribution in [3.05, 3.63) is 17.1 Å². The third kappa shape index (κ3) is 7.34. The van der Waals surface area contributed by atoms with Crippen molar-refractivity contribution in [1.29, 1.82) is 0 Å². The molecule has 0 aromatic heterocycles. The molecule has 2 nitrogen and oxygen atoms in total. The van der Waals surface area contributed by atoms with Crippen LogP contribution in [-0.2, 0) is 0 Å². The molecule has 58 valence electrons. The van der Waals surface area contributed by atoms with Gasteiger partial charge in [0.05, 0.1) is 6.54 Å². The number of nitroso groups, excluding NO2 is 1. The van der Waals surface area contributed by atoms with Crippen LogP contribution in [0.1, 0.15) is 32.6 Å². The quantitative estimate of drug-likeness (QED) is 0.317. The molecule has 0 saturated heterocycles. The van der Waals surface area contributed by atoms with Crippen molar-refractivity contribution >= 4 is 0 Å². The lowest BCUT2D eigenvalue weighted by Gasteiger charge is -1.86. The normalized spacial score (nSPS) is 10.5. The summed E-state index contributed by atoms with van der Waals surface area (Å²) >= 11 is 0. The molecule has 0 heterocycles. The molecular formula is C8H15NO. The summed E-state index contributed by atoms with van der Waals surface area (Å²) in [4.78, 5) is 9.62. The van der Waals surface area contributed by atoms with Crippen molar-refractivity contribution < 1.29 is 0 Å². The van der Waals surface area contributed by atoms with Gasteiger partial charge in [0.25, 0.3) is 0 Å². The van der Waals surface area contributed by atoms with Gasteiger partial charge in [0.2, 0.25) is 0 Å². The monoisotopic (exact) mass is 141 g/mol. The van der Waals surface area contributed by atoms with E-state index in [1.54, 1.807) is 0 Å². The third-order valence-corrected chi connectivity index (χ3v) is 1.24. The molecule has 0 amide bonds. The fourth-order valence-corrected chi connectivity index (χ4v) is 0.676. The molecule has 0 rings (SSSR count). The summed E-state index contributed by atoms with van der Waals surface area (Å²) in [6.45, 7) is 2.60. The largest absolute Gasteiger partial charge is 0.151 e. The van der Waals surface area contributed by atoms with E-state index in [1.807, 2.05) is 0 Å². The zero-order valence-corrected chi connectivity index (χ0v) is 6.55. The molecular weight excluding hydrogens is 126 g/mol. The van der Waals surface area contributed by atoms with Crippen LogP contribution >= 0.6 is 0 Å². The van der Waals surface area contributed by atoms with E-state index in [4.69, 9.17) is 0 Å². The minimum atomic E-state index is 0.455. The van der Waals surface area contributed by atoms with E-state index >= 15 is 0 Å². The predicted molar refractivity (Wildman–Crippen MR) is 43.9 cm³/mol. The Balaban J connectivity index is 2.94. The average Bonchev–Trinajstić information content (AvgIpc) is 1.97. The molecule has 0 aromatic rings. The van der Waals surface area contributed by atoms with E-state index in [0.29, 0.717) is 6.54 Å². The van der Waals surface area contributed by atoms with Crippen molar-refractivity contribution in [2.24, 2.45) is 5.18 Å². The molecule has 0 aromatic carbocycles. The smallest absolute Gasteiger partial charge is 0.0814 e. The Hall–Kier alpha value is -0.660. The first kappa shape index (κ1) is 9.34. The number of nitrogens with zero attached hydrogens (tertiary/aromatic N) is 1. The Labute approximate surface area is 62.3 Å². The molecule has 0 atom stereocenters. The fraction of sp³-hybridized carbons (Fsp3) is 0.750. The third-order valence-electron chi connectivity index (χ3n) is 1.24. The topological polar surface area (TPSA) is 29.4 Å². The summed E-state index contributed by atoms with van der Waals surface area (Å²) in [5, 5.41) is 2.77. The van der Waals surface area contributed by atoms with Crippen molar-refractivity contribution in [2.45, 2.75) is 32.6 Å². The summed E-state index contributed by atoms with van der Waals surface area (Å²) in [6, 6.07) is 0. The highest BCUT2D eigenvalue weighted by atomic mass is 16.3. The van der Waals surface area contributed by atoms with Gasteiger partial charge in [-0.15, -0.1) is 0 Å². The average molecular weight is 141 g/mol. The van der Waals surface area contributed by atoms with Crippen LogP contribution in [0.4, 0.5) is 0 Å². The van der Waals surface area contributed by atoms with Crippen LogP contribution in [0, 0.1) is 4.91 Å². The Kier molecular flexibility index (Phi) is 7.79. The second-order valence-corrected chi connectivity index (χ2v) is 2.26. The number of allylic oxidation sites excluding steroid dienone is 2. The molecule has 0 saturated carbocycles. The van der Waals surface area contributed by atoms with Gasteiger partial charge in [0.15, 0.2) is 0 Å². The lowest BCUT2D eigenvalue weighted by Crippen LogP contribution is -1.75. The lowest BCUT2D eigenvalue weighted by atomic mass is 10.2. The van der Waals surface area contributed by atoms with Gasteiger partial charge in [0, 0.05) is 0 Å². The second-order valence-electron chi connectivity index (χ2n) is 2.26. The summed E-state index contributed by atoms with van der Waals surface area (Å²) in [5.41, 5.74) is 0. The van der Waals surface area contributed by atoms with E-state index in [1.165, 1.54) is 6.42 Å².